The SMILES string of the molecule is CC1Cc2cc(C(N)c3ccoc3Br)ccc2O1. The lowest BCUT2D eigenvalue weighted by Gasteiger charge is -2.11. The average Bonchev–Trinajstić information content (AvgIpc) is 2.91. The van der Waals surface area contributed by atoms with Gasteiger partial charge >= 0.3 is 0 Å². The Hall–Kier alpha value is -1.26. The first-order valence-electron chi connectivity index (χ1n) is 5.93. The lowest BCUT2D eigenvalue weighted by atomic mass is 9.99. The monoisotopic (exact) mass is 307 g/mol. The molecule has 2 N–H and O–H groups in total. The Morgan fingerprint density at radius 2 is 2.22 bits per heavy atom. The van der Waals surface area contributed by atoms with E-state index in [0.29, 0.717) is 4.67 Å². The van der Waals surface area contributed by atoms with Gasteiger partial charge in [-0.15, -0.1) is 0 Å². The third-order valence-electron chi connectivity index (χ3n) is 3.26. The van der Waals surface area contributed by atoms with Crippen molar-refractivity contribution in [2.45, 2.75) is 25.5 Å². The number of halogens is 1. The van der Waals surface area contributed by atoms with Crippen molar-refractivity contribution in [3.05, 3.63) is 51.9 Å². The number of fused-ring (bicyclic) bond motifs is 1. The second-order valence-corrected chi connectivity index (χ2v) is 5.35. The molecule has 0 spiro atoms. The number of nitrogens with two attached hydrogens (primary N) is 1. The summed E-state index contributed by atoms with van der Waals surface area (Å²) in [6, 6.07) is 7.85. The lowest BCUT2D eigenvalue weighted by Crippen LogP contribution is -2.11. The topological polar surface area (TPSA) is 48.4 Å². The van der Waals surface area contributed by atoms with Gasteiger partial charge in [-0.3, -0.25) is 0 Å². The van der Waals surface area contributed by atoms with Crippen molar-refractivity contribution in [2.75, 3.05) is 0 Å². The smallest absolute Gasteiger partial charge is 0.174 e. The molecule has 0 fully saturated rings. The number of benzene rings is 1. The Bertz CT molecular complexity index is 579. The first-order chi connectivity index (χ1) is 8.65. The molecule has 1 aliphatic heterocycles. The molecule has 2 aromatic rings. The summed E-state index contributed by atoms with van der Waals surface area (Å²) in [5.41, 5.74) is 9.53. The second kappa shape index (κ2) is 4.44. The third kappa shape index (κ3) is 1.95. The van der Waals surface area contributed by atoms with Crippen molar-refractivity contribution >= 4 is 15.9 Å². The van der Waals surface area contributed by atoms with Crippen LogP contribution >= 0.6 is 15.9 Å². The lowest BCUT2D eigenvalue weighted by molar-refractivity contribution is 0.254. The third-order valence-corrected chi connectivity index (χ3v) is 3.91. The molecule has 0 saturated heterocycles. The van der Waals surface area contributed by atoms with Crippen LogP contribution in [0.25, 0.3) is 0 Å². The molecule has 94 valence electrons. The molecule has 4 heteroatoms. The van der Waals surface area contributed by atoms with Crippen molar-refractivity contribution in [3.63, 3.8) is 0 Å². The minimum atomic E-state index is -0.181. The molecule has 0 saturated carbocycles. The van der Waals surface area contributed by atoms with E-state index in [4.69, 9.17) is 14.9 Å². The van der Waals surface area contributed by atoms with Gasteiger partial charge in [0.05, 0.1) is 12.3 Å². The minimum Gasteiger partial charge on any atom is -0.490 e. The van der Waals surface area contributed by atoms with Crippen LogP contribution in [0.4, 0.5) is 0 Å². The Morgan fingerprint density at radius 3 is 2.94 bits per heavy atom. The zero-order valence-electron chi connectivity index (χ0n) is 10.0. The first-order valence-corrected chi connectivity index (χ1v) is 6.72. The molecule has 2 heterocycles. The molecule has 3 nitrogen and oxygen atoms in total. The van der Waals surface area contributed by atoms with Gasteiger partial charge in [0.1, 0.15) is 11.9 Å². The van der Waals surface area contributed by atoms with E-state index in [0.717, 1.165) is 23.3 Å². The molecule has 2 atom stereocenters. The van der Waals surface area contributed by atoms with E-state index < -0.39 is 0 Å². The molecule has 0 radical (unpaired) electrons. The molecule has 0 amide bonds. The fourth-order valence-electron chi connectivity index (χ4n) is 2.34. The Morgan fingerprint density at radius 1 is 1.39 bits per heavy atom. The van der Waals surface area contributed by atoms with Gasteiger partial charge in [0, 0.05) is 12.0 Å². The number of furan rings is 1. The quantitative estimate of drug-likeness (QED) is 0.925. The highest BCUT2D eigenvalue weighted by Crippen LogP contribution is 2.33. The summed E-state index contributed by atoms with van der Waals surface area (Å²) in [5, 5.41) is 0. The molecule has 18 heavy (non-hydrogen) atoms. The highest BCUT2D eigenvalue weighted by atomic mass is 79.9. The Balaban J connectivity index is 1.94. The second-order valence-electron chi connectivity index (χ2n) is 4.63. The summed E-state index contributed by atoms with van der Waals surface area (Å²) in [5.74, 6) is 0.977. The molecule has 1 aromatic carbocycles. The molecule has 0 aliphatic carbocycles. The molecule has 2 unspecified atom stereocenters. The summed E-state index contributed by atoms with van der Waals surface area (Å²) in [7, 11) is 0. The van der Waals surface area contributed by atoms with Crippen LogP contribution in [0.3, 0.4) is 0 Å². The standard InChI is InChI=1S/C14H14BrNO2/c1-8-6-10-7-9(2-3-12(10)18-8)13(16)11-4-5-17-14(11)15/h2-5,7-8,13H,6,16H2,1H3. The number of hydrogen-bond acceptors (Lipinski definition) is 3. The predicted octanol–water partition coefficient (Wildman–Crippen LogP) is 3.41. The van der Waals surface area contributed by atoms with Crippen molar-refractivity contribution in [3.8, 4) is 5.75 Å². The molecule has 0 bridgehead atoms. The summed E-state index contributed by atoms with van der Waals surface area (Å²) in [4.78, 5) is 0. The van der Waals surface area contributed by atoms with Crippen LogP contribution in [0.1, 0.15) is 29.7 Å². The zero-order chi connectivity index (χ0) is 12.7. The maximum absolute atomic E-state index is 6.26. The summed E-state index contributed by atoms with van der Waals surface area (Å²) < 4.78 is 11.6. The van der Waals surface area contributed by atoms with E-state index in [-0.39, 0.29) is 12.1 Å². The Labute approximate surface area is 114 Å². The van der Waals surface area contributed by atoms with E-state index in [2.05, 4.69) is 28.9 Å². The normalized spacial score (nSPS) is 19.4. The first kappa shape index (κ1) is 11.8. The highest BCUT2D eigenvalue weighted by molar-refractivity contribution is 9.10. The summed E-state index contributed by atoms with van der Waals surface area (Å²) >= 11 is 3.36. The van der Waals surface area contributed by atoms with Gasteiger partial charge < -0.3 is 14.9 Å². The van der Waals surface area contributed by atoms with Crippen molar-refractivity contribution in [2.24, 2.45) is 5.73 Å². The van der Waals surface area contributed by atoms with Gasteiger partial charge in [-0.2, -0.15) is 0 Å². The van der Waals surface area contributed by atoms with Gasteiger partial charge in [0.25, 0.3) is 0 Å². The predicted molar refractivity (Wildman–Crippen MR) is 72.7 cm³/mol. The van der Waals surface area contributed by atoms with Crippen LogP contribution in [0, 0.1) is 0 Å². The molecule has 3 rings (SSSR count). The number of rotatable bonds is 2. The average molecular weight is 308 g/mol. The summed E-state index contributed by atoms with van der Waals surface area (Å²) in [6.45, 7) is 2.08. The van der Waals surface area contributed by atoms with Gasteiger partial charge in [-0.1, -0.05) is 12.1 Å². The number of hydrogen-bond donors (Lipinski definition) is 1. The van der Waals surface area contributed by atoms with Gasteiger partial charge in [0.15, 0.2) is 4.67 Å². The van der Waals surface area contributed by atoms with Crippen LogP contribution in [0.15, 0.2) is 39.6 Å². The highest BCUT2D eigenvalue weighted by Gasteiger charge is 2.21. The molecular formula is C14H14BrNO2. The maximum atomic E-state index is 6.26. The maximum Gasteiger partial charge on any atom is 0.174 e. The molecule has 1 aliphatic rings. The van der Waals surface area contributed by atoms with E-state index in [1.807, 2.05) is 18.2 Å². The van der Waals surface area contributed by atoms with Crippen LogP contribution in [-0.2, 0) is 6.42 Å². The van der Waals surface area contributed by atoms with E-state index in [1.54, 1.807) is 6.26 Å². The van der Waals surface area contributed by atoms with Crippen LogP contribution < -0.4 is 10.5 Å². The van der Waals surface area contributed by atoms with Gasteiger partial charge in [-0.25, -0.2) is 0 Å². The fraction of sp³-hybridized carbons (Fsp3) is 0.286. The Kier molecular flexibility index (Phi) is 2.92. The summed E-state index contributed by atoms with van der Waals surface area (Å²) in [6.07, 6.45) is 2.84. The fourth-order valence-corrected chi connectivity index (χ4v) is 2.83. The minimum absolute atomic E-state index is 0.181. The van der Waals surface area contributed by atoms with Gasteiger partial charge in [0.2, 0.25) is 0 Å². The largest absolute Gasteiger partial charge is 0.490 e. The van der Waals surface area contributed by atoms with Crippen LogP contribution in [0.2, 0.25) is 0 Å². The van der Waals surface area contributed by atoms with Crippen LogP contribution in [0.5, 0.6) is 5.75 Å². The van der Waals surface area contributed by atoms with Crippen LogP contribution in [-0.4, -0.2) is 6.10 Å². The number of ether oxygens (including phenoxy) is 1. The van der Waals surface area contributed by atoms with E-state index in [1.165, 1.54) is 5.56 Å². The van der Waals surface area contributed by atoms with Crippen molar-refractivity contribution in [1.82, 2.24) is 0 Å². The van der Waals surface area contributed by atoms with Crippen molar-refractivity contribution < 1.29 is 9.15 Å². The molecule has 1 aromatic heterocycles. The molecular weight excluding hydrogens is 294 g/mol. The van der Waals surface area contributed by atoms with E-state index >= 15 is 0 Å². The zero-order valence-corrected chi connectivity index (χ0v) is 11.6. The van der Waals surface area contributed by atoms with E-state index in [9.17, 15) is 0 Å². The van der Waals surface area contributed by atoms with Gasteiger partial charge in [-0.05, 0) is 46.1 Å². The van der Waals surface area contributed by atoms with Crippen molar-refractivity contribution in [1.29, 1.82) is 0 Å².